The van der Waals surface area contributed by atoms with Crippen LogP contribution in [0.15, 0.2) is 30.7 Å². The minimum Gasteiger partial charge on any atom is -0.493 e. The third kappa shape index (κ3) is 4.47. The number of benzene rings is 1. The van der Waals surface area contributed by atoms with E-state index in [1.54, 1.807) is 19.6 Å². The van der Waals surface area contributed by atoms with Crippen LogP contribution in [-0.4, -0.2) is 58.4 Å². The molecule has 2 aromatic heterocycles. The van der Waals surface area contributed by atoms with Crippen LogP contribution < -0.4 is 15.0 Å². The summed E-state index contributed by atoms with van der Waals surface area (Å²) < 4.78 is 20.4. The summed E-state index contributed by atoms with van der Waals surface area (Å²) in [6.45, 7) is 2.84. The number of nitrogens with zero attached hydrogens (tertiary/aromatic N) is 5. The average molecular weight is 453 g/mol. The largest absolute Gasteiger partial charge is 0.493 e. The third-order valence-corrected chi connectivity index (χ3v) is 6.56. The van der Waals surface area contributed by atoms with Gasteiger partial charge in [-0.2, -0.15) is 0 Å². The second kappa shape index (κ2) is 9.15. The summed E-state index contributed by atoms with van der Waals surface area (Å²) in [5, 5.41) is 13.2. The zero-order chi connectivity index (χ0) is 22.8. The maximum Gasteiger partial charge on any atom is 0.170 e. The summed E-state index contributed by atoms with van der Waals surface area (Å²) in [4.78, 5) is 20.1. The quantitative estimate of drug-likeness (QED) is 0.504. The molecule has 8 nitrogen and oxygen atoms in total. The molecule has 5 rings (SSSR count). The molecule has 1 aliphatic carbocycles. The molecule has 0 atom stereocenters. The highest BCUT2D eigenvalue weighted by molar-refractivity contribution is 5.90. The SMILES string of the molecule is COc1cncnc1C1CCN(c2nc(C3(F)CC3)nc3ccc(CNCCO)cc23)CC1. The molecule has 1 saturated carbocycles. The Morgan fingerprint density at radius 3 is 2.79 bits per heavy atom. The number of alkyl halides is 1. The molecule has 1 aliphatic heterocycles. The summed E-state index contributed by atoms with van der Waals surface area (Å²) in [5.41, 5.74) is 1.40. The molecule has 0 radical (unpaired) electrons. The van der Waals surface area contributed by atoms with Crippen molar-refractivity contribution in [3.8, 4) is 5.75 Å². The lowest BCUT2D eigenvalue weighted by molar-refractivity contribution is 0.292. The first-order chi connectivity index (χ1) is 16.1. The molecule has 0 amide bonds. The number of aromatic nitrogens is 4. The van der Waals surface area contributed by atoms with Crippen molar-refractivity contribution in [2.45, 2.75) is 43.8 Å². The zero-order valence-corrected chi connectivity index (χ0v) is 18.8. The Morgan fingerprint density at radius 2 is 2.06 bits per heavy atom. The van der Waals surface area contributed by atoms with E-state index in [-0.39, 0.29) is 12.5 Å². The van der Waals surface area contributed by atoms with E-state index in [9.17, 15) is 4.39 Å². The number of halogens is 1. The Hall–Kier alpha value is -2.91. The van der Waals surface area contributed by atoms with E-state index in [2.05, 4.69) is 31.2 Å². The van der Waals surface area contributed by atoms with Gasteiger partial charge in [-0.15, -0.1) is 0 Å². The summed E-state index contributed by atoms with van der Waals surface area (Å²) in [6.07, 6.45) is 6.03. The van der Waals surface area contributed by atoms with Crippen LogP contribution in [0.4, 0.5) is 10.2 Å². The first kappa shape index (κ1) is 21.9. The maximum atomic E-state index is 15.0. The molecule has 3 heterocycles. The van der Waals surface area contributed by atoms with Gasteiger partial charge in [0.25, 0.3) is 0 Å². The molecular weight excluding hydrogens is 423 g/mol. The second-order valence-corrected chi connectivity index (χ2v) is 8.83. The highest BCUT2D eigenvalue weighted by atomic mass is 19.1. The lowest BCUT2D eigenvalue weighted by Crippen LogP contribution is -2.34. The molecule has 2 aliphatic rings. The molecule has 0 unspecified atom stereocenters. The van der Waals surface area contributed by atoms with E-state index >= 15 is 0 Å². The number of ether oxygens (including phenoxy) is 1. The molecule has 0 bridgehead atoms. The third-order valence-electron chi connectivity index (χ3n) is 6.56. The lowest BCUT2D eigenvalue weighted by atomic mass is 9.92. The minimum absolute atomic E-state index is 0.0932. The van der Waals surface area contributed by atoms with E-state index in [0.29, 0.717) is 31.8 Å². The minimum atomic E-state index is -1.39. The van der Waals surface area contributed by atoms with Crippen LogP contribution in [0.1, 0.15) is 48.7 Å². The van der Waals surface area contributed by atoms with Gasteiger partial charge in [0.1, 0.15) is 12.1 Å². The van der Waals surface area contributed by atoms with Gasteiger partial charge in [0.15, 0.2) is 17.2 Å². The topological polar surface area (TPSA) is 96.3 Å². The van der Waals surface area contributed by atoms with Crippen LogP contribution in [0, 0.1) is 0 Å². The Labute approximate surface area is 192 Å². The molecule has 0 spiro atoms. The van der Waals surface area contributed by atoms with Crippen molar-refractivity contribution >= 4 is 16.7 Å². The molecule has 2 N–H and O–H groups in total. The number of hydrogen-bond acceptors (Lipinski definition) is 8. The van der Waals surface area contributed by atoms with Gasteiger partial charge in [0.05, 0.1) is 31.1 Å². The smallest absolute Gasteiger partial charge is 0.170 e. The van der Waals surface area contributed by atoms with Gasteiger partial charge in [-0.1, -0.05) is 6.07 Å². The first-order valence-electron chi connectivity index (χ1n) is 11.5. The molecule has 174 valence electrons. The van der Waals surface area contributed by atoms with Crippen LogP contribution in [-0.2, 0) is 12.2 Å². The average Bonchev–Trinajstić information content (AvgIpc) is 3.62. The lowest BCUT2D eigenvalue weighted by Gasteiger charge is -2.33. The Kier molecular flexibility index (Phi) is 6.07. The van der Waals surface area contributed by atoms with Gasteiger partial charge in [-0.25, -0.2) is 24.3 Å². The predicted molar refractivity (Wildman–Crippen MR) is 123 cm³/mol. The summed E-state index contributed by atoms with van der Waals surface area (Å²) in [6, 6.07) is 6.03. The fourth-order valence-corrected chi connectivity index (χ4v) is 4.51. The van der Waals surface area contributed by atoms with Crippen molar-refractivity contribution in [3.63, 3.8) is 0 Å². The van der Waals surface area contributed by atoms with Crippen LogP contribution in [0.25, 0.3) is 10.9 Å². The molecular formula is C24H29FN6O2. The standard InChI is InChI=1S/C24H29FN6O2/c1-33-20-14-27-15-28-21(20)17-4-9-31(10-5-17)22-18-12-16(13-26-8-11-32)2-3-19(18)29-23(30-22)24(25)6-7-24/h2-3,12,14-15,17,26,32H,4-11,13H2,1H3. The maximum absolute atomic E-state index is 15.0. The van der Waals surface area contributed by atoms with Gasteiger partial charge in [0.2, 0.25) is 0 Å². The molecule has 1 aromatic carbocycles. The second-order valence-electron chi connectivity index (χ2n) is 8.83. The van der Waals surface area contributed by atoms with Crippen molar-refractivity contribution < 1.29 is 14.2 Å². The van der Waals surface area contributed by atoms with E-state index < -0.39 is 5.67 Å². The van der Waals surface area contributed by atoms with Gasteiger partial charge >= 0.3 is 0 Å². The summed E-state index contributed by atoms with van der Waals surface area (Å²) >= 11 is 0. The van der Waals surface area contributed by atoms with Gasteiger partial charge < -0.3 is 20.1 Å². The number of rotatable bonds is 8. The van der Waals surface area contributed by atoms with E-state index in [4.69, 9.17) is 14.8 Å². The predicted octanol–water partition coefficient (Wildman–Crippen LogP) is 2.85. The summed E-state index contributed by atoms with van der Waals surface area (Å²) in [7, 11) is 1.64. The number of piperidine rings is 1. The monoisotopic (exact) mass is 452 g/mol. The van der Waals surface area contributed by atoms with Crippen LogP contribution in [0.3, 0.4) is 0 Å². The van der Waals surface area contributed by atoms with Crippen molar-refractivity contribution in [2.75, 3.05) is 38.3 Å². The highest BCUT2D eigenvalue weighted by Crippen LogP contribution is 2.49. The van der Waals surface area contributed by atoms with Crippen molar-refractivity contribution in [1.29, 1.82) is 0 Å². The fraction of sp³-hybridized carbons (Fsp3) is 0.500. The number of anilines is 1. The van der Waals surface area contributed by atoms with Gasteiger partial charge in [-0.05, 0) is 43.4 Å². The fourth-order valence-electron chi connectivity index (χ4n) is 4.51. The number of aliphatic hydroxyl groups excluding tert-OH is 1. The normalized spacial score (nSPS) is 18.0. The number of methoxy groups -OCH3 is 1. The number of nitrogens with one attached hydrogen (secondary N) is 1. The first-order valence-corrected chi connectivity index (χ1v) is 11.5. The van der Waals surface area contributed by atoms with Crippen molar-refractivity contribution in [2.24, 2.45) is 0 Å². The number of hydrogen-bond donors (Lipinski definition) is 2. The number of aliphatic hydroxyl groups is 1. The molecule has 3 aromatic rings. The Bertz CT molecular complexity index is 1130. The number of fused-ring (bicyclic) bond motifs is 1. The van der Waals surface area contributed by atoms with Crippen LogP contribution in [0.5, 0.6) is 5.75 Å². The molecule has 33 heavy (non-hydrogen) atoms. The summed E-state index contributed by atoms with van der Waals surface area (Å²) in [5.74, 6) is 2.10. The van der Waals surface area contributed by atoms with Gasteiger partial charge in [-0.3, -0.25) is 0 Å². The van der Waals surface area contributed by atoms with E-state index in [1.165, 1.54) is 0 Å². The van der Waals surface area contributed by atoms with Crippen molar-refractivity contribution in [3.05, 3.63) is 47.8 Å². The van der Waals surface area contributed by atoms with Crippen LogP contribution in [0.2, 0.25) is 0 Å². The van der Waals surface area contributed by atoms with Gasteiger partial charge in [0, 0.05) is 37.5 Å². The van der Waals surface area contributed by atoms with Crippen LogP contribution >= 0.6 is 0 Å². The van der Waals surface area contributed by atoms with E-state index in [0.717, 1.165) is 59.7 Å². The highest BCUT2D eigenvalue weighted by Gasteiger charge is 2.48. The molecule has 9 heteroatoms. The molecule has 2 fully saturated rings. The van der Waals surface area contributed by atoms with E-state index in [1.807, 2.05) is 12.1 Å². The van der Waals surface area contributed by atoms with Crippen molar-refractivity contribution in [1.82, 2.24) is 25.3 Å². The Balaban J connectivity index is 1.44. The Morgan fingerprint density at radius 1 is 1.24 bits per heavy atom. The molecule has 1 saturated heterocycles. The zero-order valence-electron chi connectivity index (χ0n) is 18.8.